The SMILES string of the molecule is C[C@@H](NC(=O)CSc1nc(-c2ccccc2)c(-c2ccccc2)[nH]1)c1ccc(S(N)(=O)=O)cc1. The van der Waals surface area contributed by atoms with Crippen LogP contribution in [0.2, 0.25) is 0 Å². The van der Waals surface area contributed by atoms with Gasteiger partial charge >= 0.3 is 0 Å². The zero-order valence-electron chi connectivity index (χ0n) is 18.4. The highest BCUT2D eigenvalue weighted by Crippen LogP contribution is 2.32. The Morgan fingerprint density at radius 3 is 2.15 bits per heavy atom. The Morgan fingerprint density at radius 1 is 0.971 bits per heavy atom. The molecule has 0 saturated carbocycles. The number of hydrogen-bond acceptors (Lipinski definition) is 5. The van der Waals surface area contributed by atoms with Crippen LogP contribution in [-0.2, 0) is 14.8 Å². The molecule has 1 aromatic heterocycles. The van der Waals surface area contributed by atoms with E-state index in [2.05, 4.69) is 10.3 Å². The van der Waals surface area contributed by atoms with Crippen LogP contribution in [0.5, 0.6) is 0 Å². The summed E-state index contributed by atoms with van der Waals surface area (Å²) in [5, 5.41) is 8.71. The van der Waals surface area contributed by atoms with Crippen LogP contribution in [0.1, 0.15) is 18.5 Å². The second-order valence-corrected chi connectivity index (χ2v) is 10.2. The van der Waals surface area contributed by atoms with E-state index in [4.69, 9.17) is 10.1 Å². The van der Waals surface area contributed by atoms with E-state index >= 15 is 0 Å². The highest BCUT2D eigenvalue weighted by molar-refractivity contribution is 7.99. The van der Waals surface area contributed by atoms with Gasteiger partial charge in [-0.1, -0.05) is 84.6 Å². The highest BCUT2D eigenvalue weighted by Gasteiger charge is 2.16. The molecule has 4 N–H and O–H groups in total. The summed E-state index contributed by atoms with van der Waals surface area (Å²) in [6, 6.07) is 25.7. The smallest absolute Gasteiger partial charge is 0.238 e. The second-order valence-electron chi connectivity index (χ2n) is 7.69. The quantitative estimate of drug-likeness (QED) is 0.316. The maximum atomic E-state index is 12.6. The maximum absolute atomic E-state index is 12.6. The third-order valence-corrected chi connectivity index (χ3v) is 7.02. The number of nitrogens with zero attached hydrogens (tertiary/aromatic N) is 1. The molecule has 1 heterocycles. The maximum Gasteiger partial charge on any atom is 0.238 e. The first kappa shape index (κ1) is 23.7. The Kier molecular flexibility index (Phi) is 7.16. The van der Waals surface area contributed by atoms with E-state index in [0.717, 1.165) is 28.1 Å². The molecule has 4 rings (SSSR count). The van der Waals surface area contributed by atoms with Crippen LogP contribution in [0.25, 0.3) is 22.5 Å². The number of thioether (sulfide) groups is 1. The molecule has 0 radical (unpaired) electrons. The Balaban J connectivity index is 1.45. The van der Waals surface area contributed by atoms with Crippen molar-refractivity contribution in [3.05, 3.63) is 90.5 Å². The minimum atomic E-state index is -3.75. The molecule has 0 unspecified atom stereocenters. The molecule has 0 aliphatic heterocycles. The van der Waals surface area contributed by atoms with Crippen LogP contribution in [-0.4, -0.2) is 30.0 Å². The fourth-order valence-electron chi connectivity index (χ4n) is 3.49. The summed E-state index contributed by atoms with van der Waals surface area (Å²) in [5.74, 6) is 0.0159. The molecule has 1 atom stereocenters. The van der Waals surface area contributed by atoms with Crippen molar-refractivity contribution >= 4 is 27.7 Å². The van der Waals surface area contributed by atoms with Gasteiger partial charge in [-0.25, -0.2) is 18.5 Å². The third-order valence-electron chi connectivity index (χ3n) is 5.22. The first-order valence-corrected chi connectivity index (χ1v) is 13.1. The summed E-state index contributed by atoms with van der Waals surface area (Å²) < 4.78 is 22.8. The molecule has 0 spiro atoms. The number of nitrogens with one attached hydrogen (secondary N) is 2. The molecule has 3 aromatic carbocycles. The van der Waals surface area contributed by atoms with Crippen molar-refractivity contribution in [1.82, 2.24) is 15.3 Å². The number of aromatic amines is 1. The molecule has 0 aliphatic carbocycles. The number of carbonyl (C=O) groups is 1. The van der Waals surface area contributed by atoms with Crippen LogP contribution >= 0.6 is 11.8 Å². The fourth-order valence-corrected chi connectivity index (χ4v) is 4.68. The fraction of sp³-hybridized carbons (Fsp3) is 0.120. The predicted molar refractivity (Wildman–Crippen MR) is 135 cm³/mol. The Bertz CT molecular complexity index is 1310. The molecule has 174 valence electrons. The molecule has 4 aromatic rings. The number of H-pyrrole nitrogens is 1. The molecule has 0 fully saturated rings. The summed E-state index contributed by atoms with van der Waals surface area (Å²) in [4.78, 5) is 20.7. The van der Waals surface area contributed by atoms with Gasteiger partial charge < -0.3 is 10.3 Å². The number of aromatic nitrogens is 2. The van der Waals surface area contributed by atoms with E-state index in [1.54, 1.807) is 12.1 Å². The molecule has 34 heavy (non-hydrogen) atoms. The third kappa shape index (κ3) is 5.74. The van der Waals surface area contributed by atoms with Crippen LogP contribution in [0, 0.1) is 0 Å². The van der Waals surface area contributed by atoms with Gasteiger partial charge in [0.05, 0.1) is 28.1 Å². The van der Waals surface area contributed by atoms with Crippen LogP contribution < -0.4 is 10.5 Å². The van der Waals surface area contributed by atoms with Crippen molar-refractivity contribution in [3.63, 3.8) is 0 Å². The van der Waals surface area contributed by atoms with Gasteiger partial charge in [-0.15, -0.1) is 0 Å². The molecule has 7 nitrogen and oxygen atoms in total. The van der Waals surface area contributed by atoms with E-state index in [9.17, 15) is 13.2 Å². The van der Waals surface area contributed by atoms with E-state index in [0.29, 0.717) is 5.16 Å². The summed E-state index contributed by atoms with van der Waals surface area (Å²) in [7, 11) is -3.75. The van der Waals surface area contributed by atoms with E-state index in [-0.39, 0.29) is 22.6 Å². The first-order valence-electron chi connectivity index (χ1n) is 10.6. The number of primary sulfonamides is 1. The van der Waals surface area contributed by atoms with Crippen LogP contribution in [0.3, 0.4) is 0 Å². The van der Waals surface area contributed by atoms with Crippen molar-refractivity contribution in [2.24, 2.45) is 5.14 Å². The van der Waals surface area contributed by atoms with Gasteiger partial charge in [-0.2, -0.15) is 0 Å². The minimum absolute atomic E-state index is 0.0339. The highest BCUT2D eigenvalue weighted by atomic mass is 32.2. The van der Waals surface area contributed by atoms with Crippen LogP contribution in [0.15, 0.2) is 95.0 Å². The lowest BCUT2D eigenvalue weighted by molar-refractivity contribution is -0.119. The second kappa shape index (κ2) is 10.3. The summed E-state index contributed by atoms with van der Waals surface area (Å²) >= 11 is 1.32. The Hall–Kier alpha value is -3.40. The Labute approximate surface area is 202 Å². The standard InChI is InChI=1S/C25H24N4O3S2/c1-17(18-12-14-21(15-13-18)34(26,31)32)27-22(30)16-33-25-28-23(19-8-4-2-5-9-19)24(29-25)20-10-6-3-7-11-20/h2-15,17H,16H2,1H3,(H,27,30)(H,28,29)(H2,26,31,32)/t17-/m1/s1. The average Bonchev–Trinajstić information content (AvgIpc) is 3.28. The molecule has 0 bridgehead atoms. The van der Waals surface area contributed by atoms with Gasteiger partial charge in [0.1, 0.15) is 0 Å². The number of nitrogens with two attached hydrogens (primary N) is 1. The monoisotopic (exact) mass is 492 g/mol. The van der Waals surface area contributed by atoms with Gasteiger partial charge in [-0.3, -0.25) is 4.79 Å². The minimum Gasteiger partial charge on any atom is -0.349 e. The molecule has 0 aliphatic rings. The normalized spacial score (nSPS) is 12.3. The summed E-state index contributed by atoms with van der Waals surface area (Å²) in [6.07, 6.45) is 0. The lowest BCUT2D eigenvalue weighted by Crippen LogP contribution is -2.28. The van der Waals surface area contributed by atoms with Crippen molar-refractivity contribution in [2.45, 2.75) is 23.0 Å². The number of amides is 1. The largest absolute Gasteiger partial charge is 0.349 e. The number of imidazole rings is 1. The van der Waals surface area contributed by atoms with Gasteiger partial charge in [-0.05, 0) is 24.6 Å². The van der Waals surface area contributed by atoms with Crippen molar-refractivity contribution < 1.29 is 13.2 Å². The number of carbonyl (C=O) groups excluding carboxylic acids is 1. The van der Waals surface area contributed by atoms with Gasteiger partial charge in [0, 0.05) is 11.1 Å². The van der Waals surface area contributed by atoms with Crippen molar-refractivity contribution in [1.29, 1.82) is 0 Å². The molecule has 9 heteroatoms. The summed E-state index contributed by atoms with van der Waals surface area (Å²) in [5.41, 5.74) is 4.52. The van der Waals surface area contributed by atoms with E-state index in [1.165, 1.54) is 23.9 Å². The Morgan fingerprint density at radius 2 is 1.56 bits per heavy atom. The van der Waals surface area contributed by atoms with Gasteiger partial charge in [0.2, 0.25) is 15.9 Å². The lowest BCUT2D eigenvalue weighted by atomic mass is 10.1. The topological polar surface area (TPSA) is 118 Å². The van der Waals surface area contributed by atoms with Crippen LogP contribution in [0.4, 0.5) is 0 Å². The number of hydrogen-bond donors (Lipinski definition) is 3. The number of benzene rings is 3. The average molecular weight is 493 g/mol. The van der Waals surface area contributed by atoms with Gasteiger partial charge in [0.15, 0.2) is 5.16 Å². The zero-order valence-corrected chi connectivity index (χ0v) is 20.1. The first-order chi connectivity index (χ1) is 16.3. The van der Waals surface area contributed by atoms with E-state index in [1.807, 2.05) is 67.6 Å². The van der Waals surface area contributed by atoms with E-state index < -0.39 is 10.0 Å². The molecular weight excluding hydrogens is 468 g/mol. The lowest BCUT2D eigenvalue weighted by Gasteiger charge is -2.14. The van der Waals surface area contributed by atoms with Gasteiger partial charge in [0.25, 0.3) is 0 Å². The predicted octanol–water partition coefficient (Wildman–Crippen LogP) is 4.36. The molecule has 1 amide bonds. The van der Waals surface area contributed by atoms with Crippen molar-refractivity contribution in [2.75, 3.05) is 5.75 Å². The molecule has 0 saturated heterocycles. The van der Waals surface area contributed by atoms with Crippen molar-refractivity contribution in [3.8, 4) is 22.5 Å². The molecular formula is C25H24N4O3S2. The summed E-state index contributed by atoms with van der Waals surface area (Å²) in [6.45, 7) is 1.84. The zero-order chi connectivity index (χ0) is 24.1. The number of rotatable bonds is 8. The number of sulfonamides is 1.